The maximum Gasteiger partial charge on any atom is 0.410 e. The summed E-state index contributed by atoms with van der Waals surface area (Å²) in [6, 6.07) is 0. The van der Waals surface area contributed by atoms with Gasteiger partial charge in [0, 0.05) is 19.6 Å². The van der Waals surface area contributed by atoms with Crippen molar-refractivity contribution in [3.8, 4) is 0 Å². The van der Waals surface area contributed by atoms with Crippen LogP contribution in [-0.2, 0) is 11.3 Å². The predicted molar refractivity (Wildman–Crippen MR) is 84.0 cm³/mol. The number of aryl methyl sites for hydroxylation is 1. The first kappa shape index (κ1) is 17.2. The van der Waals surface area contributed by atoms with E-state index in [2.05, 4.69) is 4.98 Å². The summed E-state index contributed by atoms with van der Waals surface area (Å²) < 4.78 is 7.13. The molecule has 0 atom stereocenters. The van der Waals surface area contributed by atoms with Crippen LogP contribution < -0.4 is 0 Å². The fraction of sp³-hybridized carbons (Fsp3) is 0.733. The largest absolute Gasteiger partial charge is 0.444 e. The first-order chi connectivity index (χ1) is 10.7. The lowest BCUT2D eigenvalue weighted by molar-refractivity contribution is -0.389. The molecule has 1 amide bonds. The number of ether oxygens (including phenoxy) is 1. The Morgan fingerprint density at radius 2 is 2.09 bits per heavy atom. The second-order valence-electron chi connectivity index (χ2n) is 6.93. The van der Waals surface area contributed by atoms with E-state index in [9.17, 15) is 14.9 Å². The van der Waals surface area contributed by atoms with Crippen LogP contribution in [0.3, 0.4) is 0 Å². The van der Waals surface area contributed by atoms with Crippen LogP contribution in [0.4, 0.5) is 10.6 Å². The van der Waals surface area contributed by atoms with Crippen molar-refractivity contribution in [2.75, 3.05) is 13.1 Å². The average molecular weight is 324 g/mol. The van der Waals surface area contributed by atoms with Crippen LogP contribution in [0.5, 0.6) is 0 Å². The molecule has 23 heavy (non-hydrogen) atoms. The molecule has 1 fully saturated rings. The summed E-state index contributed by atoms with van der Waals surface area (Å²) in [5.74, 6) is 0.389. The summed E-state index contributed by atoms with van der Waals surface area (Å²) in [6.07, 6.45) is 5.48. The molecular weight excluding hydrogens is 300 g/mol. The smallest absolute Gasteiger partial charge is 0.410 e. The zero-order valence-electron chi connectivity index (χ0n) is 13.9. The summed E-state index contributed by atoms with van der Waals surface area (Å²) in [5, 5.41) is 10.6. The monoisotopic (exact) mass is 324 g/mol. The van der Waals surface area contributed by atoms with Gasteiger partial charge >= 0.3 is 11.9 Å². The molecule has 0 aliphatic carbocycles. The zero-order chi connectivity index (χ0) is 17.0. The Kier molecular flexibility index (Phi) is 5.23. The second-order valence-corrected chi connectivity index (χ2v) is 6.93. The molecule has 2 heterocycles. The summed E-state index contributed by atoms with van der Waals surface area (Å²) >= 11 is 0. The number of aromatic nitrogens is 2. The topological polar surface area (TPSA) is 90.5 Å². The third kappa shape index (κ3) is 5.22. The predicted octanol–water partition coefficient (Wildman–Crippen LogP) is 2.83. The van der Waals surface area contributed by atoms with Gasteiger partial charge in [0.15, 0.2) is 0 Å². The van der Waals surface area contributed by atoms with Crippen molar-refractivity contribution in [3.63, 3.8) is 0 Å². The molecule has 8 nitrogen and oxygen atoms in total. The minimum absolute atomic E-state index is 0.121. The molecule has 128 valence electrons. The number of nitrogens with zero attached hydrogens (tertiary/aromatic N) is 4. The van der Waals surface area contributed by atoms with Crippen LogP contribution >= 0.6 is 0 Å². The quantitative estimate of drug-likeness (QED) is 0.627. The highest BCUT2D eigenvalue weighted by Crippen LogP contribution is 2.23. The van der Waals surface area contributed by atoms with Gasteiger partial charge in [-0.3, -0.25) is 0 Å². The van der Waals surface area contributed by atoms with E-state index in [1.165, 1.54) is 12.5 Å². The first-order valence-corrected chi connectivity index (χ1v) is 7.89. The van der Waals surface area contributed by atoms with Gasteiger partial charge in [-0.2, -0.15) is 0 Å². The van der Waals surface area contributed by atoms with Crippen LogP contribution in [0.15, 0.2) is 12.5 Å². The number of likely N-dealkylation sites (tertiary alicyclic amines) is 1. The molecule has 1 aromatic heterocycles. The standard InChI is InChI=1S/C15H24N4O4/c1-15(2,3)23-14(20)18-8-5-12(6-9-18)4-7-17-10-13(16-11-17)19(21)22/h10-12H,4-9H2,1-3H3. The second kappa shape index (κ2) is 6.97. The summed E-state index contributed by atoms with van der Waals surface area (Å²) in [7, 11) is 0. The van der Waals surface area contributed by atoms with Crippen molar-refractivity contribution in [2.24, 2.45) is 5.92 Å². The maximum absolute atomic E-state index is 12.0. The zero-order valence-corrected chi connectivity index (χ0v) is 13.9. The Labute approximate surface area is 135 Å². The van der Waals surface area contributed by atoms with Gasteiger partial charge in [0.1, 0.15) is 11.8 Å². The molecule has 0 aromatic carbocycles. The Hall–Kier alpha value is -2.12. The van der Waals surface area contributed by atoms with Gasteiger partial charge in [-0.15, -0.1) is 0 Å². The normalized spacial score (nSPS) is 16.4. The lowest BCUT2D eigenvalue weighted by Gasteiger charge is -2.33. The molecule has 0 saturated carbocycles. The van der Waals surface area contributed by atoms with Gasteiger partial charge in [0.05, 0.1) is 0 Å². The number of rotatable bonds is 4. The Morgan fingerprint density at radius 3 is 2.61 bits per heavy atom. The lowest BCUT2D eigenvalue weighted by atomic mass is 9.94. The average Bonchev–Trinajstić information content (AvgIpc) is 2.93. The Balaban J connectivity index is 1.74. The highest BCUT2D eigenvalue weighted by atomic mass is 16.6. The van der Waals surface area contributed by atoms with Crippen molar-refractivity contribution in [2.45, 2.75) is 52.2 Å². The van der Waals surface area contributed by atoms with Crippen LogP contribution in [0.1, 0.15) is 40.0 Å². The van der Waals surface area contributed by atoms with Gasteiger partial charge < -0.3 is 24.3 Å². The SMILES string of the molecule is CC(C)(C)OC(=O)N1CCC(CCn2cnc([N+](=O)[O-])c2)CC1. The van der Waals surface area contributed by atoms with Crippen molar-refractivity contribution >= 4 is 11.9 Å². The van der Waals surface area contributed by atoms with Crippen LogP contribution in [0.25, 0.3) is 0 Å². The van der Waals surface area contributed by atoms with E-state index in [0.29, 0.717) is 25.6 Å². The van der Waals surface area contributed by atoms with Crippen LogP contribution in [0, 0.1) is 16.0 Å². The number of amides is 1. The minimum atomic E-state index is -0.490. The van der Waals surface area contributed by atoms with E-state index < -0.39 is 10.5 Å². The number of hydrogen-bond acceptors (Lipinski definition) is 5. The molecule has 1 aliphatic heterocycles. The number of nitro groups is 1. The number of hydrogen-bond donors (Lipinski definition) is 0. The van der Waals surface area contributed by atoms with Crippen LogP contribution in [0.2, 0.25) is 0 Å². The van der Waals surface area contributed by atoms with E-state index >= 15 is 0 Å². The highest BCUT2D eigenvalue weighted by Gasteiger charge is 2.26. The highest BCUT2D eigenvalue weighted by molar-refractivity contribution is 5.68. The molecule has 0 radical (unpaired) electrons. The van der Waals surface area contributed by atoms with Crippen molar-refractivity contribution in [1.29, 1.82) is 0 Å². The molecule has 0 N–H and O–H groups in total. The number of piperidine rings is 1. The summed E-state index contributed by atoms with van der Waals surface area (Å²) in [6.45, 7) is 7.69. The number of carbonyl (C=O) groups excluding carboxylic acids is 1. The third-order valence-electron chi connectivity index (χ3n) is 3.87. The van der Waals surface area contributed by atoms with Gasteiger partial charge in [0.25, 0.3) is 0 Å². The number of imidazole rings is 1. The van der Waals surface area contributed by atoms with E-state index in [0.717, 1.165) is 19.3 Å². The fourth-order valence-electron chi connectivity index (χ4n) is 2.63. The van der Waals surface area contributed by atoms with E-state index in [1.807, 2.05) is 20.8 Å². The van der Waals surface area contributed by atoms with E-state index in [1.54, 1.807) is 9.47 Å². The fourth-order valence-corrected chi connectivity index (χ4v) is 2.63. The molecule has 1 aromatic rings. The molecule has 1 saturated heterocycles. The molecule has 0 bridgehead atoms. The Morgan fingerprint density at radius 1 is 1.43 bits per heavy atom. The molecular formula is C15H24N4O4. The summed E-state index contributed by atoms with van der Waals surface area (Å²) in [4.78, 5) is 27.6. The van der Waals surface area contributed by atoms with Gasteiger partial charge in [-0.25, -0.2) is 4.79 Å². The van der Waals surface area contributed by atoms with Gasteiger partial charge in [-0.05, 0) is 55.9 Å². The maximum atomic E-state index is 12.0. The minimum Gasteiger partial charge on any atom is -0.444 e. The van der Waals surface area contributed by atoms with Gasteiger partial charge in [-0.1, -0.05) is 0 Å². The van der Waals surface area contributed by atoms with Crippen molar-refractivity contribution < 1.29 is 14.5 Å². The summed E-state index contributed by atoms with van der Waals surface area (Å²) in [5.41, 5.74) is -0.468. The number of carbonyl (C=O) groups is 1. The molecule has 1 aliphatic rings. The lowest BCUT2D eigenvalue weighted by Crippen LogP contribution is -2.41. The van der Waals surface area contributed by atoms with E-state index in [-0.39, 0.29) is 11.9 Å². The third-order valence-corrected chi connectivity index (χ3v) is 3.87. The first-order valence-electron chi connectivity index (χ1n) is 7.89. The van der Waals surface area contributed by atoms with Crippen molar-refractivity contribution in [3.05, 3.63) is 22.6 Å². The van der Waals surface area contributed by atoms with E-state index in [4.69, 9.17) is 4.74 Å². The molecule has 8 heteroatoms. The Bertz CT molecular complexity index is 556. The van der Waals surface area contributed by atoms with Crippen LogP contribution in [-0.4, -0.2) is 44.2 Å². The van der Waals surface area contributed by atoms with Gasteiger partial charge in [0.2, 0.25) is 6.33 Å². The molecule has 2 rings (SSSR count). The molecule has 0 unspecified atom stereocenters. The van der Waals surface area contributed by atoms with Crippen molar-refractivity contribution in [1.82, 2.24) is 14.5 Å². The molecule has 0 spiro atoms.